The van der Waals surface area contributed by atoms with Crippen molar-refractivity contribution in [1.82, 2.24) is 9.21 Å². The fourth-order valence-electron chi connectivity index (χ4n) is 3.97. The molecule has 0 saturated carbocycles. The van der Waals surface area contributed by atoms with Gasteiger partial charge in [0, 0.05) is 31.6 Å². The van der Waals surface area contributed by atoms with Crippen molar-refractivity contribution in [3.05, 3.63) is 72.3 Å². The van der Waals surface area contributed by atoms with Gasteiger partial charge in [0.2, 0.25) is 10.0 Å². The van der Waals surface area contributed by atoms with E-state index in [4.69, 9.17) is 4.74 Å². The van der Waals surface area contributed by atoms with E-state index in [1.54, 1.807) is 29.2 Å². The Kier molecular flexibility index (Phi) is 6.48. The van der Waals surface area contributed by atoms with E-state index >= 15 is 0 Å². The Morgan fingerprint density at radius 3 is 2.28 bits per heavy atom. The highest BCUT2D eigenvalue weighted by Crippen LogP contribution is 2.27. The van der Waals surface area contributed by atoms with E-state index in [2.05, 4.69) is 0 Å². The first kappa shape index (κ1) is 22.3. The maximum Gasteiger partial charge on any atom is 0.263 e. The molecule has 6 nitrogen and oxygen atoms in total. The lowest BCUT2D eigenvalue weighted by molar-refractivity contribution is -0.140. The third-order valence-electron chi connectivity index (χ3n) is 5.87. The molecule has 32 heavy (non-hydrogen) atoms. The van der Waals surface area contributed by atoms with Crippen LogP contribution in [0.25, 0.3) is 10.8 Å². The van der Waals surface area contributed by atoms with E-state index in [1.807, 2.05) is 56.3 Å². The van der Waals surface area contributed by atoms with Gasteiger partial charge in [-0.25, -0.2) is 8.42 Å². The highest BCUT2D eigenvalue weighted by Gasteiger charge is 2.33. The van der Waals surface area contributed by atoms with Gasteiger partial charge in [0.15, 0.2) is 6.10 Å². The van der Waals surface area contributed by atoms with Gasteiger partial charge in [0.05, 0.1) is 4.90 Å². The highest BCUT2D eigenvalue weighted by molar-refractivity contribution is 7.89. The van der Waals surface area contributed by atoms with Crippen LogP contribution in [-0.4, -0.2) is 55.8 Å². The molecule has 0 spiro atoms. The van der Waals surface area contributed by atoms with Crippen LogP contribution in [0.3, 0.4) is 0 Å². The van der Waals surface area contributed by atoms with Crippen molar-refractivity contribution < 1.29 is 17.9 Å². The summed E-state index contributed by atoms with van der Waals surface area (Å²) < 4.78 is 33.5. The maximum atomic E-state index is 13.2. The van der Waals surface area contributed by atoms with E-state index in [0.29, 0.717) is 25.3 Å². The van der Waals surface area contributed by atoms with Gasteiger partial charge in [-0.05, 0) is 36.9 Å². The van der Waals surface area contributed by atoms with Crippen LogP contribution < -0.4 is 4.74 Å². The molecule has 168 valence electrons. The molecule has 1 amide bonds. The molecule has 1 fully saturated rings. The number of benzene rings is 3. The molecule has 7 heteroatoms. The fourth-order valence-corrected chi connectivity index (χ4v) is 5.39. The monoisotopic (exact) mass is 452 g/mol. The van der Waals surface area contributed by atoms with E-state index in [0.717, 1.165) is 16.3 Å². The Bertz CT molecular complexity index is 1190. The third-order valence-corrected chi connectivity index (χ3v) is 7.79. The molecular weight excluding hydrogens is 424 g/mol. The number of amides is 1. The summed E-state index contributed by atoms with van der Waals surface area (Å²) in [6.45, 7) is 5.08. The van der Waals surface area contributed by atoms with Gasteiger partial charge < -0.3 is 9.64 Å². The Balaban J connectivity index is 1.43. The first-order valence-electron chi connectivity index (χ1n) is 10.9. The van der Waals surface area contributed by atoms with Gasteiger partial charge >= 0.3 is 0 Å². The Morgan fingerprint density at radius 2 is 1.59 bits per heavy atom. The van der Waals surface area contributed by atoms with Crippen LogP contribution in [0.15, 0.2) is 71.6 Å². The van der Waals surface area contributed by atoms with Crippen LogP contribution in [0.4, 0.5) is 0 Å². The number of piperazine rings is 1. The zero-order valence-corrected chi connectivity index (χ0v) is 19.2. The van der Waals surface area contributed by atoms with Crippen LogP contribution in [0.5, 0.6) is 5.75 Å². The number of fused-ring (bicyclic) bond motifs is 1. The molecule has 1 aliphatic rings. The molecule has 1 aliphatic heterocycles. The smallest absolute Gasteiger partial charge is 0.263 e. The van der Waals surface area contributed by atoms with E-state index < -0.39 is 16.1 Å². The van der Waals surface area contributed by atoms with Gasteiger partial charge in [-0.2, -0.15) is 4.31 Å². The lowest BCUT2D eigenvalue weighted by Crippen LogP contribution is -2.53. The van der Waals surface area contributed by atoms with E-state index in [9.17, 15) is 13.2 Å². The summed E-state index contributed by atoms with van der Waals surface area (Å²) in [6.07, 6.45) is -0.0784. The number of carbonyl (C=O) groups is 1. The van der Waals surface area contributed by atoms with Gasteiger partial charge in [-0.1, -0.05) is 61.0 Å². The van der Waals surface area contributed by atoms with Crippen LogP contribution in [-0.2, 0) is 14.8 Å². The molecule has 0 aromatic heterocycles. The fraction of sp³-hybridized carbons (Fsp3) is 0.320. The van der Waals surface area contributed by atoms with Crippen LogP contribution in [0.2, 0.25) is 0 Å². The molecule has 1 saturated heterocycles. The predicted molar refractivity (Wildman–Crippen MR) is 125 cm³/mol. The molecule has 0 aliphatic carbocycles. The second-order valence-corrected chi connectivity index (χ2v) is 9.97. The summed E-state index contributed by atoms with van der Waals surface area (Å²) in [5.74, 6) is 0.580. The van der Waals surface area contributed by atoms with Crippen LogP contribution in [0.1, 0.15) is 18.9 Å². The standard InChI is InChI=1S/C25H28N2O4S/c1-3-23(31-24-10-6-8-20-7-4-5-9-22(20)24)25(28)26-15-17-27(18-16-26)32(29,30)21-13-11-19(2)12-14-21/h4-14,23H,3,15-18H2,1-2H3/t23-/m1/s1. The summed E-state index contributed by atoms with van der Waals surface area (Å²) in [7, 11) is -3.56. The largest absolute Gasteiger partial charge is 0.480 e. The number of hydrogen-bond acceptors (Lipinski definition) is 4. The second-order valence-electron chi connectivity index (χ2n) is 8.03. The highest BCUT2D eigenvalue weighted by atomic mass is 32.2. The zero-order chi connectivity index (χ0) is 22.7. The molecule has 0 radical (unpaired) electrons. The molecule has 3 aromatic rings. The first-order chi connectivity index (χ1) is 15.4. The minimum Gasteiger partial charge on any atom is -0.480 e. The number of nitrogens with zero attached hydrogens (tertiary/aromatic N) is 2. The van der Waals surface area contributed by atoms with Crippen molar-refractivity contribution in [3.8, 4) is 5.75 Å². The summed E-state index contributed by atoms with van der Waals surface area (Å²) in [5, 5.41) is 2.03. The second kappa shape index (κ2) is 9.30. The number of hydrogen-bond donors (Lipinski definition) is 0. The number of rotatable bonds is 6. The molecule has 3 aromatic carbocycles. The van der Waals surface area contributed by atoms with Gasteiger partial charge in [0.25, 0.3) is 5.91 Å². The molecule has 1 heterocycles. The first-order valence-corrected chi connectivity index (χ1v) is 12.3. The average Bonchev–Trinajstić information content (AvgIpc) is 2.82. The molecule has 0 unspecified atom stereocenters. The number of carbonyl (C=O) groups excluding carboxylic acids is 1. The Labute approximate surface area is 189 Å². The Morgan fingerprint density at radius 1 is 0.938 bits per heavy atom. The zero-order valence-electron chi connectivity index (χ0n) is 18.4. The SMILES string of the molecule is CC[C@@H](Oc1cccc2ccccc12)C(=O)N1CCN(S(=O)(=O)c2ccc(C)cc2)CC1. The summed E-state index contributed by atoms with van der Waals surface area (Å²) in [6, 6.07) is 20.6. The topological polar surface area (TPSA) is 66.9 Å². The number of sulfonamides is 1. The summed E-state index contributed by atoms with van der Waals surface area (Å²) in [4.78, 5) is 15.2. The van der Waals surface area contributed by atoms with Crippen molar-refractivity contribution in [2.24, 2.45) is 0 Å². The van der Waals surface area contributed by atoms with Gasteiger partial charge in [-0.3, -0.25) is 4.79 Å². The molecule has 0 bridgehead atoms. The van der Waals surface area contributed by atoms with Crippen molar-refractivity contribution in [1.29, 1.82) is 0 Å². The molecule has 4 rings (SSSR count). The average molecular weight is 453 g/mol. The summed E-state index contributed by atoms with van der Waals surface area (Å²) in [5.41, 5.74) is 1.01. The van der Waals surface area contributed by atoms with Crippen molar-refractivity contribution in [2.45, 2.75) is 31.3 Å². The number of aryl methyl sites for hydroxylation is 1. The van der Waals surface area contributed by atoms with Crippen molar-refractivity contribution in [2.75, 3.05) is 26.2 Å². The minimum absolute atomic E-state index is 0.104. The van der Waals surface area contributed by atoms with Gasteiger partial charge in [-0.15, -0.1) is 0 Å². The normalized spacial score (nSPS) is 16.1. The van der Waals surface area contributed by atoms with E-state index in [1.165, 1.54) is 4.31 Å². The molecule has 0 N–H and O–H groups in total. The lowest BCUT2D eigenvalue weighted by Gasteiger charge is -2.35. The molecule has 1 atom stereocenters. The van der Waals surface area contributed by atoms with Gasteiger partial charge in [0.1, 0.15) is 5.75 Å². The van der Waals surface area contributed by atoms with Crippen molar-refractivity contribution in [3.63, 3.8) is 0 Å². The van der Waals surface area contributed by atoms with E-state index in [-0.39, 0.29) is 23.9 Å². The van der Waals surface area contributed by atoms with Crippen molar-refractivity contribution >= 4 is 26.7 Å². The van der Waals surface area contributed by atoms with Crippen LogP contribution >= 0.6 is 0 Å². The Hall–Kier alpha value is -2.90. The van der Waals surface area contributed by atoms with Crippen LogP contribution in [0, 0.1) is 6.92 Å². The minimum atomic E-state index is -3.56. The quantitative estimate of drug-likeness (QED) is 0.570. The predicted octanol–water partition coefficient (Wildman–Crippen LogP) is 3.84. The molecular formula is C25H28N2O4S. The number of ether oxygens (including phenoxy) is 1. The summed E-state index contributed by atoms with van der Waals surface area (Å²) >= 11 is 0. The third kappa shape index (κ3) is 4.49. The lowest BCUT2D eigenvalue weighted by atomic mass is 10.1. The maximum absolute atomic E-state index is 13.2.